The number of hydrogen-bond donors (Lipinski definition) is 1. The van der Waals surface area contributed by atoms with Crippen LogP contribution in [-0.4, -0.2) is 10.9 Å². The molecule has 0 saturated carbocycles. The Morgan fingerprint density at radius 1 is 1.29 bits per heavy atom. The highest BCUT2D eigenvalue weighted by atomic mass is 79.9. The number of benzene rings is 1. The first-order valence-corrected chi connectivity index (χ1v) is 6.75. The zero-order valence-electron chi connectivity index (χ0n) is 10.2. The van der Waals surface area contributed by atoms with Crippen LogP contribution in [0, 0.1) is 0 Å². The van der Waals surface area contributed by atoms with Gasteiger partial charge in [-0.1, -0.05) is 11.6 Å². The van der Waals surface area contributed by atoms with Gasteiger partial charge in [-0.2, -0.15) is 13.2 Å². The summed E-state index contributed by atoms with van der Waals surface area (Å²) < 4.78 is 38.2. The molecule has 1 aromatic heterocycles. The number of amides is 1. The normalized spacial score (nSPS) is 11.3. The number of anilines is 1. The SMILES string of the molecule is O=C(Nc1cc(C(F)(F)F)ccc1Cl)c1cccnc1Br. The quantitative estimate of drug-likeness (QED) is 0.764. The Morgan fingerprint density at radius 3 is 2.62 bits per heavy atom. The van der Waals surface area contributed by atoms with Crippen LogP contribution >= 0.6 is 27.5 Å². The van der Waals surface area contributed by atoms with Crippen LogP contribution in [0.5, 0.6) is 0 Å². The molecule has 2 rings (SSSR count). The van der Waals surface area contributed by atoms with E-state index in [0.717, 1.165) is 18.2 Å². The number of hydrogen-bond acceptors (Lipinski definition) is 2. The van der Waals surface area contributed by atoms with Crippen LogP contribution in [0.15, 0.2) is 41.1 Å². The van der Waals surface area contributed by atoms with Crippen LogP contribution in [0.25, 0.3) is 0 Å². The largest absolute Gasteiger partial charge is 0.416 e. The molecule has 0 radical (unpaired) electrons. The molecule has 0 aliphatic rings. The summed E-state index contributed by atoms with van der Waals surface area (Å²) >= 11 is 8.90. The van der Waals surface area contributed by atoms with Crippen molar-refractivity contribution in [1.82, 2.24) is 4.98 Å². The topological polar surface area (TPSA) is 42.0 Å². The molecule has 0 aliphatic heterocycles. The van der Waals surface area contributed by atoms with Crippen molar-refractivity contribution in [3.8, 4) is 0 Å². The van der Waals surface area contributed by atoms with E-state index in [1.54, 1.807) is 0 Å². The number of rotatable bonds is 2. The van der Waals surface area contributed by atoms with Gasteiger partial charge in [-0.25, -0.2) is 4.98 Å². The van der Waals surface area contributed by atoms with E-state index in [9.17, 15) is 18.0 Å². The molecule has 21 heavy (non-hydrogen) atoms. The van der Waals surface area contributed by atoms with Gasteiger partial charge < -0.3 is 5.32 Å². The Labute approximate surface area is 131 Å². The van der Waals surface area contributed by atoms with Crippen LogP contribution in [0.3, 0.4) is 0 Å². The number of nitrogens with one attached hydrogen (secondary N) is 1. The molecule has 1 N–H and O–H groups in total. The minimum atomic E-state index is -4.51. The van der Waals surface area contributed by atoms with Gasteiger partial charge in [-0.15, -0.1) is 0 Å². The molecular weight excluding hydrogens is 373 g/mol. The van der Waals surface area contributed by atoms with E-state index < -0.39 is 17.6 Å². The number of nitrogens with zero attached hydrogens (tertiary/aromatic N) is 1. The molecule has 0 unspecified atom stereocenters. The number of alkyl halides is 3. The highest BCUT2D eigenvalue weighted by molar-refractivity contribution is 9.10. The lowest BCUT2D eigenvalue weighted by Gasteiger charge is -2.12. The summed E-state index contributed by atoms with van der Waals surface area (Å²) in [5.74, 6) is -0.615. The van der Waals surface area contributed by atoms with E-state index in [-0.39, 0.29) is 20.9 Å². The molecule has 3 nitrogen and oxygen atoms in total. The Hall–Kier alpha value is -1.60. The number of halogens is 5. The Kier molecular flexibility index (Phi) is 4.53. The minimum absolute atomic E-state index is 0.0105. The molecule has 1 aromatic carbocycles. The molecule has 8 heteroatoms. The lowest BCUT2D eigenvalue weighted by Crippen LogP contribution is -2.14. The second-order valence-corrected chi connectivity index (χ2v) is 5.15. The van der Waals surface area contributed by atoms with Crippen molar-refractivity contribution in [3.05, 3.63) is 57.3 Å². The van der Waals surface area contributed by atoms with Crippen LogP contribution in [-0.2, 0) is 6.18 Å². The molecular formula is C13H7BrClF3N2O. The summed E-state index contributed by atoms with van der Waals surface area (Å²) in [7, 11) is 0. The maximum atomic E-state index is 12.7. The van der Waals surface area contributed by atoms with Gasteiger partial charge in [0.25, 0.3) is 5.91 Å². The summed E-state index contributed by atoms with van der Waals surface area (Å²) in [5.41, 5.74) is -0.828. The number of aromatic nitrogens is 1. The zero-order valence-corrected chi connectivity index (χ0v) is 12.6. The van der Waals surface area contributed by atoms with Crippen molar-refractivity contribution in [2.45, 2.75) is 6.18 Å². The van der Waals surface area contributed by atoms with Crippen molar-refractivity contribution in [2.75, 3.05) is 5.32 Å². The van der Waals surface area contributed by atoms with Gasteiger partial charge in [0.15, 0.2) is 0 Å². The Balaban J connectivity index is 2.31. The van der Waals surface area contributed by atoms with E-state index in [2.05, 4.69) is 26.2 Å². The molecule has 1 amide bonds. The van der Waals surface area contributed by atoms with Crippen LogP contribution in [0.1, 0.15) is 15.9 Å². The maximum Gasteiger partial charge on any atom is 0.416 e. The van der Waals surface area contributed by atoms with Gasteiger partial charge in [0.2, 0.25) is 0 Å². The van der Waals surface area contributed by atoms with Crippen molar-refractivity contribution < 1.29 is 18.0 Å². The monoisotopic (exact) mass is 378 g/mol. The first kappa shape index (κ1) is 15.8. The molecule has 2 aromatic rings. The third-order valence-corrected chi connectivity index (χ3v) is 3.51. The lowest BCUT2D eigenvalue weighted by molar-refractivity contribution is -0.137. The molecule has 0 saturated heterocycles. The van der Waals surface area contributed by atoms with Crippen molar-refractivity contribution in [2.24, 2.45) is 0 Å². The van der Waals surface area contributed by atoms with Crippen molar-refractivity contribution in [3.63, 3.8) is 0 Å². The number of carbonyl (C=O) groups is 1. The van der Waals surface area contributed by atoms with Crippen LogP contribution in [0.4, 0.5) is 18.9 Å². The van der Waals surface area contributed by atoms with Gasteiger partial charge in [-0.05, 0) is 46.3 Å². The summed E-state index contributed by atoms with van der Waals surface area (Å²) in [6.45, 7) is 0. The summed E-state index contributed by atoms with van der Waals surface area (Å²) in [6, 6.07) is 5.72. The molecule has 0 atom stereocenters. The smallest absolute Gasteiger partial charge is 0.321 e. The third kappa shape index (κ3) is 3.74. The van der Waals surface area contributed by atoms with E-state index in [0.29, 0.717) is 0 Å². The second-order valence-electron chi connectivity index (χ2n) is 3.99. The molecule has 110 valence electrons. The molecule has 1 heterocycles. The van der Waals surface area contributed by atoms with E-state index in [4.69, 9.17) is 11.6 Å². The summed E-state index contributed by atoms with van der Waals surface area (Å²) in [4.78, 5) is 15.9. The Morgan fingerprint density at radius 2 is 2.00 bits per heavy atom. The van der Waals surface area contributed by atoms with E-state index in [1.807, 2.05) is 0 Å². The first-order chi connectivity index (χ1) is 9.79. The van der Waals surface area contributed by atoms with E-state index >= 15 is 0 Å². The predicted octanol–water partition coefficient (Wildman–Crippen LogP) is 4.77. The molecule has 0 bridgehead atoms. The summed E-state index contributed by atoms with van der Waals surface area (Å²) in [6.07, 6.45) is -3.04. The fourth-order valence-corrected chi connectivity index (χ4v) is 2.14. The zero-order chi connectivity index (χ0) is 15.6. The summed E-state index contributed by atoms with van der Waals surface area (Å²) in [5, 5.41) is 2.35. The highest BCUT2D eigenvalue weighted by Gasteiger charge is 2.31. The number of pyridine rings is 1. The van der Waals surface area contributed by atoms with Crippen LogP contribution in [0.2, 0.25) is 5.02 Å². The fraction of sp³-hybridized carbons (Fsp3) is 0.0769. The standard InChI is InChI=1S/C13H7BrClF3N2O/c14-11-8(2-1-5-19-11)12(21)20-10-6-7(13(16,17)18)3-4-9(10)15/h1-6H,(H,20,21). The maximum absolute atomic E-state index is 12.7. The van der Waals surface area contributed by atoms with E-state index in [1.165, 1.54) is 18.3 Å². The van der Waals surface area contributed by atoms with Crippen LogP contribution < -0.4 is 5.32 Å². The average Bonchev–Trinajstić information content (AvgIpc) is 2.40. The predicted molar refractivity (Wildman–Crippen MR) is 76.3 cm³/mol. The molecule has 0 fully saturated rings. The second kappa shape index (κ2) is 6.03. The lowest BCUT2D eigenvalue weighted by atomic mass is 10.2. The van der Waals surface area contributed by atoms with Gasteiger partial charge in [0.1, 0.15) is 4.60 Å². The highest BCUT2D eigenvalue weighted by Crippen LogP contribution is 2.34. The van der Waals surface area contributed by atoms with Gasteiger partial charge >= 0.3 is 6.18 Å². The van der Waals surface area contributed by atoms with Crippen molar-refractivity contribution >= 4 is 39.1 Å². The van der Waals surface area contributed by atoms with Gasteiger partial charge in [0.05, 0.1) is 21.8 Å². The van der Waals surface area contributed by atoms with Gasteiger partial charge in [-0.3, -0.25) is 4.79 Å². The van der Waals surface area contributed by atoms with Gasteiger partial charge in [0, 0.05) is 6.20 Å². The third-order valence-electron chi connectivity index (χ3n) is 2.55. The minimum Gasteiger partial charge on any atom is -0.321 e. The first-order valence-electron chi connectivity index (χ1n) is 5.57. The number of carbonyl (C=O) groups excluding carboxylic acids is 1. The Bertz CT molecular complexity index is 691. The molecule has 0 spiro atoms. The van der Waals surface area contributed by atoms with Crippen molar-refractivity contribution in [1.29, 1.82) is 0 Å². The fourth-order valence-electron chi connectivity index (χ4n) is 1.54. The average molecular weight is 380 g/mol. The molecule has 0 aliphatic carbocycles.